The Morgan fingerprint density at radius 1 is 0.576 bits per heavy atom. The molecular weight excluding hydrogens is 875 g/mol. The van der Waals surface area contributed by atoms with Gasteiger partial charge < -0.3 is 21.7 Å². The highest BCUT2D eigenvalue weighted by Crippen LogP contribution is 2.54. The molecule has 6 N–H and O–H groups in total. The zero-order valence-corrected chi connectivity index (χ0v) is 38.1. The van der Waals surface area contributed by atoms with Crippen molar-refractivity contribution < 1.29 is 28.6 Å². The molecule has 2 fully saturated rings. The summed E-state index contributed by atoms with van der Waals surface area (Å²) in [6.45, 7) is 2.93. The first-order valence-electron chi connectivity index (χ1n) is 21.9. The van der Waals surface area contributed by atoms with Crippen LogP contribution in [0.25, 0.3) is 41.8 Å². The molecule has 8 aromatic rings. The Labute approximate surface area is 388 Å². The Hall–Kier alpha value is -6.32. The lowest BCUT2D eigenvalue weighted by atomic mass is 9.92. The number of fused-ring (bicyclic) bond motifs is 2. The van der Waals surface area contributed by atoms with Crippen LogP contribution in [0.2, 0.25) is 0 Å². The predicted octanol–water partition coefficient (Wildman–Crippen LogP) is 10.6. The van der Waals surface area contributed by atoms with Crippen molar-refractivity contribution in [2.24, 2.45) is 11.5 Å². The molecule has 14 heteroatoms. The first kappa shape index (κ1) is 44.9. The number of pyridine rings is 2. The van der Waals surface area contributed by atoms with Gasteiger partial charge in [0.05, 0.1) is 11.4 Å². The number of hydrogen-bond acceptors (Lipinski definition) is 10. The Morgan fingerprint density at radius 2 is 0.955 bits per heavy atom. The van der Waals surface area contributed by atoms with Gasteiger partial charge in [0, 0.05) is 22.0 Å². The zero-order chi connectivity index (χ0) is 46.4. The number of rotatable bonds is 14. The normalized spacial score (nSPS) is 16.5. The number of aromatic nitrogens is 4. The van der Waals surface area contributed by atoms with E-state index in [0.717, 1.165) is 57.8 Å². The minimum absolute atomic E-state index is 0.0278. The van der Waals surface area contributed by atoms with Gasteiger partial charge in [0.2, 0.25) is 0 Å². The molecule has 0 bridgehead atoms. The Kier molecular flexibility index (Phi) is 11.9. The largest absolute Gasteiger partial charge is 0.480 e. The molecule has 336 valence electrons. The van der Waals surface area contributed by atoms with Crippen LogP contribution in [0, 0.1) is 11.6 Å². The van der Waals surface area contributed by atoms with Crippen LogP contribution in [0.1, 0.15) is 86.0 Å². The first-order valence-corrected chi connectivity index (χ1v) is 23.5. The lowest BCUT2D eigenvalue weighted by molar-refractivity contribution is -0.143. The summed E-state index contributed by atoms with van der Waals surface area (Å²) in [5.41, 5.74) is 17.2. The second-order valence-electron chi connectivity index (χ2n) is 18.0. The quantitative estimate of drug-likeness (QED) is 0.0820. The maximum atomic E-state index is 14.9. The minimum atomic E-state index is -1.34. The molecule has 10 nitrogen and oxygen atoms in total. The number of aryl methyl sites for hydroxylation is 2. The van der Waals surface area contributed by atoms with Gasteiger partial charge >= 0.3 is 11.9 Å². The van der Waals surface area contributed by atoms with Crippen LogP contribution in [0.5, 0.6) is 0 Å². The zero-order valence-electron chi connectivity index (χ0n) is 36.4. The summed E-state index contributed by atoms with van der Waals surface area (Å²) in [6, 6.07) is 38.8. The molecule has 4 aromatic carbocycles. The van der Waals surface area contributed by atoms with E-state index in [9.17, 15) is 18.4 Å². The molecule has 4 heterocycles. The molecule has 0 unspecified atom stereocenters. The lowest BCUT2D eigenvalue weighted by Crippen LogP contribution is -2.45. The van der Waals surface area contributed by atoms with E-state index >= 15 is 0 Å². The fraction of sp³-hybridized carbons (Fsp3) is 0.269. The summed E-state index contributed by atoms with van der Waals surface area (Å²) in [5.74, 6) is -2.91. The smallest absolute Gasteiger partial charge is 0.323 e. The molecule has 10 rings (SSSR count). The molecule has 2 aliphatic carbocycles. The Morgan fingerprint density at radius 3 is 1.29 bits per heavy atom. The maximum Gasteiger partial charge on any atom is 0.323 e. The molecule has 4 aromatic heterocycles. The molecule has 2 saturated carbocycles. The summed E-state index contributed by atoms with van der Waals surface area (Å²) in [5, 5.41) is 19.5. The Balaban J connectivity index is 0.000000166. The van der Waals surface area contributed by atoms with Crippen molar-refractivity contribution in [3.63, 3.8) is 0 Å². The van der Waals surface area contributed by atoms with E-state index in [1.165, 1.54) is 59.8 Å². The number of nitrogens with zero attached hydrogens (tertiary/aromatic N) is 4. The van der Waals surface area contributed by atoms with E-state index < -0.39 is 23.0 Å². The minimum Gasteiger partial charge on any atom is -0.480 e. The number of carbonyl (C=O) groups is 2. The SMILES string of the molecule is C[C@@](N)(CCc1ccc(-c2nc3ccc(C4(c5ccccc5)CC4)nc3s2)c(F)c1)C(=O)O.C[C@](N)(CCc1ccc(-c2nc3ccc(C4(c5ccccc5)CC4)nc3s2)c(F)c1)C(=O)O. The van der Waals surface area contributed by atoms with Crippen LogP contribution in [0.15, 0.2) is 121 Å². The third-order valence-electron chi connectivity index (χ3n) is 13.0. The topological polar surface area (TPSA) is 178 Å². The number of carboxylic acid groups (broad SMARTS) is 2. The lowest BCUT2D eigenvalue weighted by Gasteiger charge is -2.18. The van der Waals surface area contributed by atoms with Gasteiger partial charge in [-0.3, -0.25) is 9.59 Å². The summed E-state index contributed by atoms with van der Waals surface area (Å²) in [6.07, 6.45) is 5.48. The molecule has 2 atom stereocenters. The van der Waals surface area contributed by atoms with Crippen LogP contribution in [-0.4, -0.2) is 53.2 Å². The van der Waals surface area contributed by atoms with Crippen molar-refractivity contribution in [3.05, 3.63) is 167 Å². The second-order valence-corrected chi connectivity index (χ2v) is 20.0. The maximum absolute atomic E-state index is 14.9. The van der Waals surface area contributed by atoms with Crippen LogP contribution >= 0.6 is 22.7 Å². The van der Waals surface area contributed by atoms with Gasteiger partial charge in [-0.15, -0.1) is 0 Å². The van der Waals surface area contributed by atoms with Gasteiger partial charge in [-0.25, -0.2) is 28.7 Å². The predicted molar refractivity (Wildman–Crippen MR) is 256 cm³/mol. The van der Waals surface area contributed by atoms with Gasteiger partial charge in [-0.2, -0.15) is 0 Å². The van der Waals surface area contributed by atoms with Crippen molar-refractivity contribution in [2.45, 2.75) is 87.1 Å². The van der Waals surface area contributed by atoms with Crippen molar-refractivity contribution in [1.29, 1.82) is 0 Å². The van der Waals surface area contributed by atoms with E-state index in [4.69, 9.17) is 31.6 Å². The van der Waals surface area contributed by atoms with Crippen molar-refractivity contribution in [1.82, 2.24) is 19.9 Å². The van der Waals surface area contributed by atoms with Gasteiger partial charge in [-0.1, -0.05) is 95.5 Å². The van der Waals surface area contributed by atoms with E-state index in [2.05, 4.69) is 58.5 Å². The molecule has 0 aliphatic heterocycles. The van der Waals surface area contributed by atoms with Crippen molar-refractivity contribution >= 4 is 55.3 Å². The second kappa shape index (κ2) is 17.5. The monoisotopic (exact) mass is 922 g/mol. The van der Waals surface area contributed by atoms with Crippen LogP contribution in [0.3, 0.4) is 0 Å². The highest BCUT2D eigenvalue weighted by molar-refractivity contribution is 7.21. The fourth-order valence-electron chi connectivity index (χ4n) is 8.34. The summed E-state index contributed by atoms with van der Waals surface area (Å²) < 4.78 is 29.9. The van der Waals surface area contributed by atoms with Gasteiger partial charge in [-0.05, 0) is 136 Å². The third-order valence-corrected chi connectivity index (χ3v) is 15.0. The molecule has 0 amide bonds. The molecule has 0 radical (unpaired) electrons. The average molecular weight is 923 g/mol. The molecular formula is C52H48F2N6O4S2. The highest BCUT2D eigenvalue weighted by atomic mass is 32.1. The van der Waals surface area contributed by atoms with E-state index in [1.54, 1.807) is 24.3 Å². The van der Waals surface area contributed by atoms with Gasteiger partial charge in [0.25, 0.3) is 0 Å². The third kappa shape index (κ3) is 8.98. The fourth-order valence-corrected chi connectivity index (χ4v) is 10.3. The number of hydrogen-bond donors (Lipinski definition) is 4. The number of aliphatic carboxylic acids is 2. The molecule has 0 saturated heterocycles. The molecule has 0 spiro atoms. The van der Waals surface area contributed by atoms with Gasteiger partial charge in [0.1, 0.15) is 53.4 Å². The summed E-state index contributed by atoms with van der Waals surface area (Å²) in [7, 11) is 0. The molecule has 66 heavy (non-hydrogen) atoms. The number of nitrogens with two attached hydrogens (primary N) is 2. The van der Waals surface area contributed by atoms with Crippen LogP contribution in [-0.2, 0) is 33.3 Å². The Bertz CT molecular complexity index is 2900. The van der Waals surface area contributed by atoms with E-state index in [-0.39, 0.29) is 35.3 Å². The summed E-state index contributed by atoms with van der Waals surface area (Å²) in [4.78, 5) is 43.0. The van der Waals surface area contributed by atoms with Crippen molar-refractivity contribution in [3.8, 4) is 21.1 Å². The number of thiazole rings is 2. The number of carboxylic acids is 2. The standard InChI is InChI=1S/2C26H24FN3O2S/c2*1-25(28,24(31)32)12-11-16-7-8-18(19(27)15-16)22-29-20-9-10-21(30-23(20)33-22)26(13-14-26)17-5-3-2-4-6-17/h2*2-10,15H,11-14,28H2,1H3,(H,31,32)/t2*25-/m10/s1. The van der Waals surface area contributed by atoms with Crippen molar-refractivity contribution in [2.75, 3.05) is 0 Å². The van der Waals surface area contributed by atoms with E-state index in [1.807, 2.05) is 36.4 Å². The molecule has 2 aliphatic rings. The van der Waals surface area contributed by atoms with Crippen LogP contribution < -0.4 is 11.5 Å². The van der Waals surface area contributed by atoms with Crippen LogP contribution in [0.4, 0.5) is 8.78 Å². The number of benzene rings is 4. The first-order chi connectivity index (χ1) is 31.6. The average Bonchev–Trinajstić information content (AvgIpc) is 4.22. The summed E-state index contributed by atoms with van der Waals surface area (Å²) >= 11 is 2.77. The highest BCUT2D eigenvalue weighted by Gasteiger charge is 2.48. The van der Waals surface area contributed by atoms with Gasteiger partial charge in [0.15, 0.2) is 0 Å². The number of halogens is 2. The van der Waals surface area contributed by atoms with E-state index in [0.29, 0.717) is 45.1 Å².